The number of halogens is 1. The molecule has 14 heavy (non-hydrogen) atoms. The smallest absolute Gasteiger partial charge is 0.309 e. The molecule has 80 valence electrons. The van der Waals surface area contributed by atoms with Crippen LogP contribution in [-0.2, 0) is 9.53 Å². The van der Waals surface area contributed by atoms with E-state index in [2.05, 4.69) is 6.92 Å². The Morgan fingerprint density at radius 2 is 2.29 bits per heavy atom. The van der Waals surface area contributed by atoms with Crippen LogP contribution in [0, 0.1) is 17.3 Å². The van der Waals surface area contributed by atoms with Crippen LogP contribution < -0.4 is 0 Å². The number of methoxy groups -OCH3 is 1. The van der Waals surface area contributed by atoms with Crippen LogP contribution >= 0.6 is 11.6 Å². The van der Waals surface area contributed by atoms with Gasteiger partial charge in [0.15, 0.2) is 0 Å². The van der Waals surface area contributed by atoms with Crippen molar-refractivity contribution >= 4 is 17.6 Å². The summed E-state index contributed by atoms with van der Waals surface area (Å²) in [6, 6.07) is 0. The zero-order valence-electron chi connectivity index (χ0n) is 8.75. The predicted octanol–water partition coefficient (Wildman–Crippen LogP) is 2.59. The van der Waals surface area contributed by atoms with E-state index >= 15 is 0 Å². The van der Waals surface area contributed by atoms with Gasteiger partial charge in [0.2, 0.25) is 0 Å². The molecule has 2 bridgehead atoms. The summed E-state index contributed by atoms with van der Waals surface area (Å²) in [5, 5.41) is 0.167. The molecule has 0 spiro atoms. The molecule has 2 nitrogen and oxygen atoms in total. The topological polar surface area (TPSA) is 26.3 Å². The first-order valence-electron chi connectivity index (χ1n) is 5.30. The molecule has 2 saturated carbocycles. The minimum absolute atomic E-state index is 0.0509. The maximum atomic E-state index is 11.6. The number of hydrogen-bond donors (Lipinski definition) is 0. The summed E-state index contributed by atoms with van der Waals surface area (Å²) in [5.41, 5.74) is 0.170. The van der Waals surface area contributed by atoms with Crippen LogP contribution in [0.3, 0.4) is 0 Å². The number of alkyl halides is 1. The molecule has 0 heterocycles. The van der Waals surface area contributed by atoms with Gasteiger partial charge in [-0.3, -0.25) is 4.79 Å². The van der Waals surface area contributed by atoms with Gasteiger partial charge < -0.3 is 4.74 Å². The second-order valence-corrected chi connectivity index (χ2v) is 5.42. The molecule has 0 aromatic heterocycles. The standard InChI is InChI=1S/C11H17ClO2/c1-11-5-3-4-7(9(11)12)8(6-11)10(13)14-2/h7-9H,3-6H2,1-2H3/t7-,8-,9-,11+/m1/s1. The SMILES string of the molecule is COC(=O)[C@@H]1C[C@]2(C)CCC[C@H]1[C@H]2Cl. The first-order chi connectivity index (χ1) is 6.58. The maximum absolute atomic E-state index is 11.6. The maximum Gasteiger partial charge on any atom is 0.309 e. The van der Waals surface area contributed by atoms with E-state index in [0.29, 0.717) is 5.92 Å². The van der Waals surface area contributed by atoms with Gasteiger partial charge in [0.25, 0.3) is 0 Å². The Morgan fingerprint density at radius 1 is 1.57 bits per heavy atom. The Bertz CT molecular complexity index is 254. The number of rotatable bonds is 1. The molecule has 0 unspecified atom stereocenters. The molecule has 0 N–H and O–H groups in total. The van der Waals surface area contributed by atoms with E-state index in [1.165, 1.54) is 13.5 Å². The number of fused-ring (bicyclic) bond motifs is 2. The fraction of sp³-hybridized carbons (Fsp3) is 0.909. The normalized spacial score (nSPS) is 46.4. The molecule has 0 saturated heterocycles. The molecule has 4 atom stereocenters. The van der Waals surface area contributed by atoms with E-state index in [0.717, 1.165) is 19.3 Å². The summed E-state index contributed by atoms with van der Waals surface area (Å²) in [6.07, 6.45) is 4.37. The van der Waals surface area contributed by atoms with Gasteiger partial charge in [0.05, 0.1) is 13.0 Å². The molecule has 2 aliphatic carbocycles. The van der Waals surface area contributed by atoms with Crippen molar-refractivity contribution in [1.29, 1.82) is 0 Å². The average molecular weight is 217 g/mol. The minimum atomic E-state index is -0.0636. The quantitative estimate of drug-likeness (QED) is 0.498. The molecule has 2 aliphatic rings. The van der Waals surface area contributed by atoms with Gasteiger partial charge in [0, 0.05) is 5.38 Å². The fourth-order valence-corrected chi connectivity index (χ4v) is 3.73. The van der Waals surface area contributed by atoms with E-state index in [1.807, 2.05) is 0 Å². The van der Waals surface area contributed by atoms with Crippen LogP contribution in [0.2, 0.25) is 0 Å². The Balaban J connectivity index is 2.21. The lowest BCUT2D eigenvalue weighted by Gasteiger charge is -2.34. The van der Waals surface area contributed by atoms with Gasteiger partial charge in [0.1, 0.15) is 0 Å². The van der Waals surface area contributed by atoms with Gasteiger partial charge in [-0.05, 0) is 30.6 Å². The Kier molecular flexibility index (Phi) is 2.50. The summed E-state index contributed by atoms with van der Waals surface area (Å²) >= 11 is 6.41. The highest BCUT2D eigenvalue weighted by molar-refractivity contribution is 6.21. The number of carbonyl (C=O) groups is 1. The van der Waals surface area contributed by atoms with E-state index in [9.17, 15) is 4.79 Å². The summed E-state index contributed by atoms with van der Waals surface area (Å²) in [7, 11) is 1.47. The fourth-order valence-electron chi connectivity index (χ4n) is 3.23. The van der Waals surface area contributed by atoms with Crippen LogP contribution in [0.4, 0.5) is 0 Å². The molecule has 3 heteroatoms. The molecule has 0 aromatic carbocycles. The Hall–Kier alpha value is -0.240. The molecular weight excluding hydrogens is 200 g/mol. The zero-order chi connectivity index (χ0) is 10.3. The second kappa shape index (κ2) is 3.41. The van der Waals surface area contributed by atoms with Crippen LogP contribution in [0.25, 0.3) is 0 Å². The highest BCUT2D eigenvalue weighted by Gasteiger charge is 2.54. The summed E-state index contributed by atoms with van der Waals surface area (Å²) in [5.74, 6) is 0.337. The van der Waals surface area contributed by atoms with Crippen molar-refractivity contribution in [3.8, 4) is 0 Å². The number of carbonyl (C=O) groups excluding carboxylic acids is 1. The van der Waals surface area contributed by atoms with Gasteiger partial charge in [-0.15, -0.1) is 11.6 Å². The van der Waals surface area contributed by atoms with Crippen molar-refractivity contribution in [1.82, 2.24) is 0 Å². The third-order valence-corrected chi connectivity index (χ3v) is 4.88. The molecule has 0 aliphatic heterocycles. The Labute approximate surface area is 90.0 Å². The molecule has 2 fully saturated rings. The van der Waals surface area contributed by atoms with E-state index in [-0.39, 0.29) is 22.7 Å². The summed E-state index contributed by atoms with van der Waals surface area (Å²) in [6.45, 7) is 2.21. The van der Waals surface area contributed by atoms with Crippen LogP contribution in [0.15, 0.2) is 0 Å². The van der Waals surface area contributed by atoms with Crippen molar-refractivity contribution in [2.75, 3.05) is 7.11 Å². The van der Waals surface area contributed by atoms with Gasteiger partial charge >= 0.3 is 5.97 Å². The van der Waals surface area contributed by atoms with E-state index in [4.69, 9.17) is 16.3 Å². The highest BCUT2D eigenvalue weighted by atomic mass is 35.5. The average Bonchev–Trinajstić information content (AvgIpc) is 2.37. The van der Waals surface area contributed by atoms with Crippen molar-refractivity contribution in [3.63, 3.8) is 0 Å². The van der Waals surface area contributed by atoms with Crippen LogP contribution in [0.5, 0.6) is 0 Å². The molecule has 0 amide bonds. The van der Waals surface area contributed by atoms with E-state index in [1.54, 1.807) is 0 Å². The minimum Gasteiger partial charge on any atom is -0.469 e. The third kappa shape index (κ3) is 1.35. The molecular formula is C11H17ClO2. The zero-order valence-corrected chi connectivity index (χ0v) is 9.51. The largest absolute Gasteiger partial charge is 0.469 e. The highest BCUT2D eigenvalue weighted by Crippen LogP contribution is 2.56. The third-order valence-electron chi connectivity index (χ3n) is 4.03. The summed E-state index contributed by atoms with van der Waals surface area (Å²) < 4.78 is 4.84. The second-order valence-electron chi connectivity index (χ2n) is 4.95. The van der Waals surface area contributed by atoms with Gasteiger partial charge in [-0.1, -0.05) is 13.3 Å². The number of ether oxygens (including phenoxy) is 1. The molecule has 0 radical (unpaired) electrons. The Morgan fingerprint density at radius 3 is 2.86 bits per heavy atom. The lowest BCUT2D eigenvalue weighted by molar-refractivity contribution is -0.146. The monoisotopic (exact) mass is 216 g/mol. The predicted molar refractivity (Wildman–Crippen MR) is 55.2 cm³/mol. The lowest BCUT2D eigenvalue weighted by atomic mass is 9.77. The van der Waals surface area contributed by atoms with Crippen molar-refractivity contribution in [2.45, 2.75) is 38.0 Å². The molecule has 2 rings (SSSR count). The first kappa shape index (κ1) is 10.3. The number of esters is 1. The van der Waals surface area contributed by atoms with Crippen molar-refractivity contribution in [3.05, 3.63) is 0 Å². The lowest BCUT2D eigenvalue weighted by Crippen LogP contribution is -2.31. The van der Waals surface area contributed by atoms with Crippen LogP contribution in [-0.4, -0.2) is 18.5 Å². The van der Waals surface area contributed by atoms with Gasteiger partial charge in [-0.25, -0.2) is 0 Å². The van der Waals surface area contributed by atoms with Gasteiger partial charge in [-0.2, -0.15) is 0 Å². The van der Waals surface area contributed by atoms with Crippen molar-refractivity contribution < 1.29 is 9.53 Å². The molecule has 0 aromatic rings. The first-order valence-corrected chi connectivity index (χ1v) is 5.74. The van der Waals surface area contributed by atoms with E-state index < -0.39 is 0 Å². The van der Waals surface area contributed by atoms with Crippen LogP contribution in [0.1, 0.15) is 32.6 Å². The number of hydrogen-bond acceptors (Lipinski definition) is 2. The van der Waals surface area contributed by atoms with Crippen molar-refractivity contribution in [2.24, 2.45) is 17.3 Å². The summed E-state index contributed by atoms with van der Waals surface area (Å²) in [4.78, 5) is 11.6.